The van der Waals surface area contributed by atoms with Gasteiger partial charge in [-0.2, -0.15) is 0 Å². The van der Waals surface area contributed by atoms with E-state index in [1.54, 1.807) is 24.3 Å². The van der Waals surface area contributed by atoms with Gasteiger partial charge >= 0.3 is 5.97 Å². The highest BCUT2D eigenvalue weighted by molar-refractivity contribution is 5.87. The second-order valence-corrected chi connectivity index (χ2v) is 5.98. The molecule has 0 aliphatic heterocycles. The molecule has 156 valence electrons. The van der Waals surface area contributed by atoms with Crippen LogP contribution < -0.4 is 14.2 Å². The van der Waals surface area contributed by atoms with E-state index in [0.29, 0.717) is 22.6 Å². The topological polar surface area (TPSA) is 115 Å². The first-order valence-corrected chi connectivity index (χ1v) is 8.70. The zero-order valence-corrected chi connectivity index (χ0v) is 16.4. The highest BCUT2D eigenvalue weighted by atomic mass is 16.5. The van der Waals surface area contributed by atoms with Crippen molar-refractivity contribution < 1.29 is 39.1 Å². The number of aromatic hydroxyl groups is 1. The molecule has 0 aromatic heterocycles. The van der Waals surface area contributed by atoms with Crippen LogP contribution in [0.25, 0.3) is 6.08 Å². The first-order chi connectivity index (χ1) is 13.9. The Morgan fingerprint density at radius 2 is 1.76 bits per heavy atom. The van der Waals surface area contributed by atoms with E-state index in [2.05, 4.69) is 4.74 Å². The van der Waals surface area contributed by atoms with Gasteiger partial charge in [-0.3, -0.25) is 0 Å². The van der Waals surface area contributed by atoms with Crippen LogP contribution in [0.2, 0.25) is 0 Å². The number of carbonyl (C=O) groups is 1. The summed E-state index contributed by atoms with van der Waals surface area (Å²) in [6, 6.07) is 9.27. The molecule has 0 saturated heterocycles. The minimum absolute atomic E-state index is 0.0674. The largest absolute Gasteiger partial charge is 0.504 e. The Hall–Kier alpha value is -3.23. The molecule has 2 aromatic carbocycles. The van der Waals surface area contributed by atoms with Gasteiger partial charge in [0.2, 0.25) is 0 Å². The number of rotatable bonds is 9. The molecule has 8 heteroatoms. The van der Waals surface area contributed by atoms with Crippen molar-refractivity contribution in [2.45, 2.75) is 12.2 Å². The second-order valence-electron chi connectivity index (χ2n) is 5.98. The van der Waals surface area contributed by atoms with Gasteiger partial charge in [0.25, 0.3) is 0 Å². The summed E-state index contributed by atoms with van der Waals surface area (Å²) in [5.41, 5.74) is 1.07. The van der Waals surface area contributed by atoms with Crippen LogP contribution in [0.1, 0.15) is 17.2 Å². The monoisotopic (exact) mass is 404 g/mol. The van der Waals surface area contributed by atoms with Gasteiger partial charge in [0.05, 0.1) is 27.9 Å². The quantitative estimate of drug-likeness (QED) is 0.430. The lowest BCUT2D eigenvalue weighted by atomic mass is 10.0. The SMILES string of the molecule is COC(=O)C=Cc1ccc(O[C@H](CO)[C@H](O)c2ccc(O)c(OC)c2)c(OC)c1. The number of phenolic OH excluding ortho intramolecular Hbond substituents is 1. The fraction of sp³-hybridized carbons (Fsp3) is 0.286. The van der Waals surface area contributed by atoms with Crippen molar-refractivity contribution in [2.24, 2.45) is 0 Å². The van der Waals surface area contributed by atoms with E-state index in [4.69, 9.17) is 14.2 Å². The van der Waals surface area contributed by atoms with Gasteiger partial charge in [0, 0.05) is 6.08 Å². The molecule has 0 radical (unpaired) electrons. The Morgan fingerprint density at radius 3 is 2.38 bits per heavy atom. The maximum absolute atomic E-state index is 11.2. The number of hydrogen-bond donors (Lipinski definition) is 3. The van der Waals surface area contributed by atoms with Crippen molar-refractivity contribution in [2.75, 3.05) is 27.9 Å². The summed E-state index contributed by atoms with van der Waals surface area (Å²) in [5, 5.41) is 30.0. The summed E-state index contributed by atoms with van der Waals surface area (Å²) in [6.45, 7) is -0.475. The van der Waals surface area contributed by atoms with Crippen LogP contribution in [0.15, 0.2) is 42.5 Å². The highest BCUT2D eigenvalue weighted by Gasteiger charge is 2.24. The summed E-state index contributed by atoms with van der Waals surface area (Å²) in [7, 11) is 4.13. The molecular formula is C21H24O8. The Labute approximate surface area is 168 Å². The van der Waals surface area contributed by atoms with Crippen LogP contribution in [0.3, 0.4) is 0 Å². The first kappa shape index (κ1) is 22.1. The first-order valence-electron chi connectivity index (χ1n) is 8.70. The zero-order chi connectivity index (χ0) is 21.4. The Kier molecular flexibility index (Phi) is 7.88. The van der Waals surface area contributed by atoms with Crippen LogP contribution in [-0.2, 0) is 9.53 Å². The average molecular weight is 404 g/mol. The number of aliphatic hydroxyl groups excluding tert-OH is 2. The molecule has 0 saturated carbocycles. The predicted molar refractivity (Wildman–Crippen MR) is 105 cm³/mol. The minimum atomic E-state index is -1.20. The molecule has 0 aliphatic rings. The van der Waals surface area contributed by atoms with Gasteiger partial charge in [-0.1, -0.05) is 12.1 Å². The average Bonchev–Trinajstić information content (AvgIpc) is 2.75. The van der Waals surface area contributed by atoms with Crippen LogP contribution in [0, 0.1) is 0 Å². The molecular weight excluding hydrogens is 380 g/mol. The highest BCUT2D eigenvalue weighted by Crippen LogP contribution is 2.34. The molecule has 0 fully saturated rings. The summed E-state index contributed by atoms with van der Waals surface area (Å²) in [4.78, 5) is 11.2. The lowest BCUT2D eigenvalue weighted by Crippen LogP contribution is -2.29. The van der Waals surface area contributed by atoms with E-state index < -0.39 is 24.8 Å². The van der Waals surface area contributed by atoms with Gasteiger partial charge in [0.15, 0.2) is 29.1 Å². The number of aliphatic hydroxyl groups is 2. The lowest BCUT2D eigenvalue weighted by molar-refractivity contribution is -0.134. The number of phenols is 1. The Balaban J connectivity index is 2.23. The van der Waals surface area contributed by atoms with Crippen molar-refractivity contribution in [3.8, 4) is 23.0 Å². The van der Waals surface area contributed by atoms with E-state index in [-0.39, 0.29) is 11.5 Å². The maximum Gasteiger partial charge on any atom is 0.330 e. The molecule has 2 rings (SSSR count). The van der Waals surface area contributed by atoms with Crippen LogP contribution in [0.4, 0.5) is 0 Å². The predicted octanol–water partition coefficient (Wildman–Crippen LogP) is 2.07. The molecule has 0 unspecified atom stereocenters. The van der Waals surface area contributed by atoms with Gasteiger partial charge in [-0.25, -0.2) is 4.79 Å². The van der Waals surface area contributed by atoms with Crippen LogP contribution >= 0.6 is 0 Å². The third kappa shape index (κ3) is 5.63. The number of ether oxygens (including phenoxy) is 4. The van der Waals surface area contributed by atoms with E-state index in [0.717, 1.165) is 0 Å². The van der Waals surface area contributed by atoms with Gasteiger partial charge in [-0.05, 0) is 41.5 Å². The second kappa shape index (κ2) is 10.4. The van der Waals surface area contributed by atoms with Crippen molar-refractivity contribution in [3.63, 3.8) is 0 Å². The van der Waals surface area contributed by atoms with E-state index in [9.17, 15) is 20.1 Å². The molecule has 2 atom stereocenters. The third-order valence-corrected chi connectivity index (χ3v) is 4.16. The molecule has 0 bridgehead atoms. The van der Waals surface area contributed by atoms with Gasteiger partial charge < -0.3 is 34.3 Å². The number of benzene rings is 2. The molecule has 2 aromatic rings. The minimum Gasteiger partial charge on any atom is -0.504 e. The van der Waals surface area contributed by atoms with Crippen LogP contribution in [0.5, 0.6) is 23.0 Å². The summed E-state index contributed by atoms with van der Waals surface area (Å²) in [6.07, 6.45) is 0.625. The van der Waals surface area contributed by atoms with E-state index in [1.165, 1.54) is 45.6 Å². The summed E-state index contributed by atoms with van der Waals surface area (Å²) < 4.78 is 20.7. The summed E-state index contributed by atoms with van der Waals surface area (Å²) in [5.74, 6) is 0.286. The smallest absolute Gasteiger partial charge is 0.330 e. The van der Waals surface area contributed by atoms with E-state index >= 15 is 0 Å². The normalized spacial score (nSPS) is 13.0. The van der Waals surface area contributed by atoms with Crippen molar-refractivity contribution in [3.05, 3.63) is 53.6 Å². The standard InChI is InChI=1S/C21H24O8/c1-26-17-11-14(6-7-15(17)23)21(25)19(12-22)29-16-8-4-13(10-18(16)27-2)5-9-20(24)28-3/h4-11,19,21-23,25H,12H2,1-3H3/t19-,21-/m1/s1. The third-order valence-electron chi connectivity index (χ3n) is 4.16. The summed E-state index contributed by atoms with van der Waals surface area (Å²) >= 11 is 0. The van der Waals surface area contributed by atoms with Crippen molar-refractivity contribution in [1.29, 1.82) is 0 Å². The molecule has 3 N–H and O–H groups in total. The Morgan fingerprint density at radius 1 is 1.03 bits per heavy atom. The van der Waals surface area contributed by atoms with Gasteiger partial charge in [0.1, 0.15) is 6.10 Å². The fourth-order valence-electron chi connectivity index (χ4n) is 2.57. The van der Waals surface area contributed by atoms with Crippen molar-refractivity contribution >= 4 is 12.0 Å². The van der Waals surface area contributed by atoms with E-state index in [1.807, 2.05) is 0 Å². The fourth-order valence-corrected chi connectivity index (χ4v) is 2.57. The number of esters is 1. The van der Waals surface area contributed by atoms with Crippen LogP contribution in [-0.4, -0.2) is 55.3 Å². The maximum atomic E-state index is 11.2. The number of hydrogen-bond acceptors (Lipinski definition) is 8. The molecule has 0 spiro atoms. The Bertz CT molecular complexity index is 862. The number of methoxy groups -OCH3 is 3. The molecule has 0 heterocycles. The molecule has 0 amide bonds. The zero-order valence-electron chi connectivity index (χ0n) is 16.4. The molecule has 0 aliphatic carbocycles. The lowest BCUT2D eigenvalue weighted by Gasteiger charge is -2.24. The molecule has 29 heavy (non-hydrogen) atoms. The van der Waals surface area contributed by atoms with Crippen molar-refractivity contribution in [1.82, 2.24) is 0 Å². The number of carbonyl (C=O) groups excluding carboxylic acids is 1. The van der Waals surface area contributed by atoms with Gasteiger partial charge in [-0.15, -0.1) is 0 Å². The molecule has 8 nitrogen and oxygen atoms in total.